The first-order valence-electron chi connectivity index (χ1n) is 9.53. The molecule has 1 fully saturated rings. The highest BCUT2D eigenvalue weighted by Gasteiger charge is 2.29. The molecule has 8 heteroatoms. The van der Waals surface area contributed by atoms with E-state index in [-0.39, 0.29) is 17.8 Å². The average Bonchev–Trinajstić information content (AvgIpc) is 3.20. The van der Waals surface area contributed by atoms with E-state index in [0.717, 1.165) is 24.2 Å². The lowest BCUT2D eigenvalue weighted by Crippen LogP contribution is -2.54. The summed E-state index contributed by atoms with van der Waals surface area (Å²) in [5, 5.41) is 2.98. The molecule has 0 bridgehead atoms. The monoisotopic (exact) mass is 405 g/mol. The Morgan fingerprint density at radius 3 is 2.46 bits per heavy atom. The maximum Gasteiger partial charge on any atom is 0.317 e. The summed E-state index contributed by atoms with van der Waals surface area (Å²) in [4.78, 5) is 14.1. The van der Waals surface area contributed by atoms with Crippen LogP contribution in [0.4, 0.5) is 4.79 Å². The number of furan rings is 1. The van der Waals surface area contributed by atoms with Crippen LogP contribution < -0.4 is 5.32 Å². The van der Waals surface area contributed by atoms with Crippen molar-refractivity contribution in [3.8, 4) is 0 Å². The first-order valence-corrected chi connectivity index (χ1v) is 11.1. The van der Waals surface area contributed by atoms with E-state index in [2.05, 4.69) is 5.32 Å². The van der Waals surface area contributed by atoms with E-state index in [0.29, 0.717) is 26.2 Å². The third-order valence-electron chi connectivity index (χ3n) is 4.88. The number of aryl methyl sites for hydroxylation is 1. The van der Waals surface area contributed by atoms with Gasteiger partial charge in [0.1, 0.15) is 5.76 Å². The largest absolute Gasteiger partial charge is 0.469 e. The molecular formula is C20H27N3O4S. The van der Waals surface area contributed by atoms with Gasteiger partial charge in [-0.25, -0.2) is 13.2 Å². The highest BCUT2D eigenvalue weighted by atomic mass is 32.2. The molecule has 1 aromatic heterocycles. The van der Waals surface area contributed by atoms with Crippen LogP contribution in [0.15, 0.2) is 53.1 Å². The van der Waals surface area contributed by atoms with Crippen LogP contribution in [0.1, 0.15) is 24.7 Å². The second-order valence-electron chi connectivity index (χ2n) is 7.10. The van der Waals surface area contributed by atoms with Gasteiger partial charge >= 0.3 is 6.03 Å². The maximum atomic E-state index is 12.6. The van der Waals surface area contributed by atoms with Crippen molar-refractivity contribution in [2.24, 2.45) is 0 Å². The van der Waals surface area contributed by atoms with Crippen LogP contribution in [-0.4, -0.2) is 55.9 Å². The molecule has 2 aromatic rings. The second kappa shape index (κ2) is 9.25. The van der Waals surface area contributed by atoms with Gasteiger partial charge in [0.15, 0.2) is 0 Å². The van der Waals surface area contributed by atoms with Gasteiger partial charge in [-0.3, -0.25) is 0 Å². The molecule has 1 aromatic carbocycles. The van der Waals surface area contributed by atoms with Crippen molar-refractivity contribution in [2.45, 2.75) is 31.6 Å². The zero-order valence-electron chi connectivity index (χ0n) is 16.1. The summed E-state index contributed by atoms with van der Waals surface area (Å²) in [5.41, 5.74) is 0.771. The van der Waals surface area contributed by atoms with Gasteiger partial charge in [0.2, 0.25) is 10.0 Å². The smallest absolute Gasteiger partial charge is 0.317 e. The van der Waals surface area contributed by atoms with Gasteiger partial charge in [0.05, 0.1) is 12.0 Å². The molecule has 1 aliphatic heterocycles. The summed E-state index contributed by atoms with van der Waals surface area (Å²) in [6, 6.07) is 12.8. The van der Waals surface area contributed by atoms with E-state index in [1.54, 1.807) is 11.2 Å². The molecule has 152 valence electrons. The van der Waals surface area contributed by atoms with Crippen LogP contribution in [0.5, 0.6) is 0 Å². The number of urea groups is 1. The highest BCUT2D eigenvalue weighted by molar-refractivity contribution is 7.88. The molecule has 1 aliphatic rings. The number of hydrogen-bond acceptors (Lipinski definition) is 4. The molecule has 0 spiro atoms. The number of rotatable bonds is 7. The Morgan fingerprint density at radius 2 is 1.82 bits per heavy atom. The van der Waals surface area contributed by atoms with Crippen molar-refractivity contribution >= 4 is 16.1 Å². The van der Waals surface area contributed by atoms with Crippen LogP contribution in [0, 0.1) is 0 Å². The van der Waals surface area contributed by atoms with Crippen molar-refractivity contribution in [1.29, 1.82) is 0 Å². The fourth-order valence-corrected chi connectivity index (χ4v) is 4.75. The quantitative estimate of drug-likeness (QED) is 0.767. The Bertz CT molecular complexity index is 845. The molecule has 1 N–H and O–H groups in total. The number of benzene rings is 1. The van der Waals surface area contributed by atoms with Crippen LogP contribution >= 0.6 is 0 Å². The van der Waals surface area contributed by atoms with Gasteiger partial charge in [0, 0.05) is 38.6 Å². The lowest BCUT2D eigenvalue weighted by molar-refractivity contribution is 0.169. The average molecular weight is 406 g/mol. The Balaban J connectivity index is 1.44. The molecule has 2 heterocycles. The minimum atomic E-state index is -3.38. The van der Waals surface area contributed by atoms with Crippen LogP contribution in [0.25, 0.3) is 0 Å². The van der Waals surface area contributed by atoms with Crippen molar-refractivity contribution in [3.63, 3.8) is 0 Å². The minimum absolute atomic E-state index is 0.0101. The summed E-state index contributed by atoms with van der Waals surface area (Å²) in [6.45, 7) is 3.39. The molecule has 28 heavy (non-hydrogen) atoms. The van der Waals surface area contributed by atoms with Gasteiger partial charge in [-0.15, -0.1) is 0 Å². The molecule has 2 amide bonds. The number of carbonyl (C=O) groups excluding carboxylic acids is 1. The summed E-state index contributed by atoms with van der Waals surface area (Å²) in [5.74, 6) is 0.891. The van der Waals surface area contributed by atoms with Crippen molar-refractivity contribution in [1.82, 2.24) is 14.5 Å². The van der Waals surface area contributed by atoms with E-state index >= 15 is 0 Å². The molecular weight excluding hydrogens is 378 g/mol. The maximum absolute atomic E-state index is 12.6. The van der Waals surface area contributed by atoms with Crippen molar-refractivity contribution < 1.29 is 17.6 Å². The molecule has 0 saturated carbocycles. The van der Waals surface area contributed by atoms with Gasteiger partial charge in [-0.2, -0.15) is 4.31 Å². The van der Waals surface area contributed by atoms with Crippen LogP contribution in [-0.2, 0) is 22.2 Å². The Morgan fingerprint density at radius 1 is 1.11 bits per heavy atom. The number of nitrogens with zero attached hydrogens (tertiary/aromatic N) is 2. The van der Waals surface area contributed by atoms with Gasteiger partial charge in [0.25, 0.3) is 0 Å². The number of piperazine rings is 1. The Labute approximate surface area is 166 Å². The number of hydrogen-bond donors (Lipinski definition) is 1. The first-order chi connectivity index (χ1) is 13.4. The van der Waals surface area contributed by atoms with E-state index in [4.69, 9.17) is 4.42 Å². The Hall–Kier alpha value is -2.32. The van der Waals surface area contributed by atoms with Crippen LogP contribution in [0.3, 0.4) is 0 Å². The molecule has 1 unspecified atom stereocenters. The van der Waals surface area contributed by atoms with E-state index in [9.17, 15) is 13.2 Å². The van der Waals surface area contributed by atoms with Gasteiger partial charge < -0.3 is 14.6 Å². The minimum Gasteiger partial charge on any atom is -0.469 e. The topological polar surface area (TPSA) is 82.9 Å². The predicted octanol–water partition coefficient (Wildman–Crippen LogP) is 2.46. The standard InChI is InChI=1S/C20H27N3O4S/c1-17(9-10-19-8-5-15-27-19)21-20(24)22-11-13-23(14-12-22)28(25,26)16-18-6-3-2-4-7-18/h2-8,15,17H,9-14,16H2,1H3,(H,21,24). The summed E-state index contributed by atoms with van der Waals surface area (Å²) >= 11 is 0. The molecule has 0 aliphatic carbocycles. The summed E-state index contributed by atoms with van der Waals surface area (Å²) in [7, 11) is -3.38. The highest BCUT2D eigenvalue weighted by Crippen LogP contribution is 2.14. The molecule has 1 saturated heterocycles. The molecule has 0 radical (unpaired) electrons. The summed E-state index contributed by atoms with van der Waals surface area (Å²) in [6.07, 6.45) is 3.19. The van der Waals surface area contributed by atoms with Crippen LogP contribution in [0.2, 0.25) is 0 Å². The van der Waals surface area contributed by atoms with Gasteiger partial charge in [-0.1, -0.05) is 30.3 Å². The van der Waals surface area contributed by atoms with E-state index in [1.807, 2.05) is 49.4 Å². The first kappa shape index (κ1) is 20.4. The third-order valence-corrected chi connectivity index (χ3v) is 6.73. The van der Waals surface area contributed by atoms with E-state index < -0.39 is 10.0 Å². The fourth-order valence-electron chi connectivity index (χ4n) is 3.23. The van der Waals surface area contributed by atoms with Crippen molar-refractivity contribution in [2.75, 3.05) is 26.2 Å². The lowest BCUT2D eigenvalue weighted by atomic mass is 10.1. The number of nitrogens with one attached hydrogen (secondary N) is 1. The number of carbonyl (C=O) groups is 1. The fraction of sp³-hybridized carbons (Fsp3) is 0.450. The van der Waals surface area contributed by atoms with E-state index in [1.165, 1.54) is 4.31 Å². The Kier molecular flexibility index (Phi) is 6.74. The summed E-state index contributed by atoms with van der Waals surface area (Å²) < 4.78 is 32.0. The zero-order valence-corrected chi connectivity index (χ0v) is 16.9. The SMILES string of the molecule is CC(CCc1ccco1)NC(=O)N1CCN(S(=O)(=O)Cc2ccccc2)CC1. The molecule has 3 rings (SSSR count). The number of amides is 2. The van der Waals surface area contributed by atoms with Crippen molar-refractivity contribution in [3.05, 3.63) is 60.1 Å². The molecule has 7 nitrogen and oxygen atoms in total. The zero-order chi connectivity index (χ0) is 20.0. The molecule has 1 atom stereocenters. The second-order valence-corrected chi connectivity index (χ2v) is 9.07. The van der Waals surface area contributed by atoms with Gasteiger partial charge in [-0.05, 0) is 31.0 Å². The number of sulfonamides is 1. The normalized spacial score (nSPS) is 16.7. The lowest BCUT2D eigenvalue weighted by Gasteiger charge is -2.34. The third kappa shape index (κ3) is 5.59. The predicted molar refractivity (Wildman–Crippen MR) is 107 cm³/mol.